The average molecular weight is 400 g/mol. The molecule has 0 fully saturated rings. The van der Waals surface area contributed by atoms with Crippen molar-refractivity contribution in [3.63, 3.8) is 0 Å². The normalized spacial score (nSPS) is 10.9. The van der Waals surface area contributed by atoms with Crippen molar-refractivity contribution in [3.8, 4) is 34.4 Å². The van der Waals surface area contributed by atoms with E-state index in [1.54, 1.807) is 46.8 Å². The van der Waals surface area contributed by atoms with Crippen molar-refractivity contribution in [3.05, 3.63) is 46.7 Å². The summed E-state index contributed by atoms with van der Waals surface area (Å²) in [6.07, 6.45) is 1.60. The Labute approximate surface area is 167 Å². The number of aromatic amines is 1. The van der Waals surface area contributed by atoms with Crippen LogP contribution in [0.3, 0.4) is 0 Å². The van der Waals surface area contributed by atoms with E-state index in [-0.39, 0.29) is 0 Å². The summed E-state index contributed by atoms with van der Waals surface area (Å²) in [6.45, 7) is 0. The van der Waals surface area contributed by atoms with E-state index in [1.807, 2.05) is 24.3 Å². The Bertz CT molecular complexity index is 1030. The number of nitrogens with one attached hydrogen (secondary N) is 1. The maximum absolute atomic E-state index is 5.45. The number of methoxy groups -OCH3 is 4. The number of rotatable bonds is 7. The molecule has 0 spiro atoms. The third-order valence-corrected chi connectivity index (χ3v) is 4.30. The lowest BCUT2D eigenvalue weighted by Crippen LogP contribution is -2.00. The molecule has 3 aromatic rings. The van der Waals surface area contributed by atoms with Gasteiger partial charge in [-0.3, -0.25) is 0 Å². The molecule has 3 rings (SSSR count). The highest BCUT2D eigenvalue weighted by molar-refractivity contribution is 7.71. The van der Waals surface area contributed by atoms with E-state index in [0.717, 1.165) is 5.56 Å². The molecule has 9 heteroatoms. The molecule has 0 amide bonds. The molecule has 1 heterocycles. The van der Waals surface area contributed by atoms with E-state index in [4.69, 9.17) is 31.2 Å². The molecule has 0 saturated heterocycles. The van der Waals surface area contributed by atoms with Crippen LogP contribution in [0.5, 0.6) is 23.0 Å². The van der Waals surface area contributed by atoms with Crippen molar-refractivity contribution in [2.75, 3.05) is 28.4 Å². The van der Waals surface area contributed by atoms with Gasteiger partial charge in [-0.15, -0.1) is 0 Å². The SMILES string of the molecule is COc1cccc(-c2n[nH]c(=S)n2/N=C\c2c(OC)cc(OC)cc2OC)c1. The van der Waals surface area contributed by atoms with E-state index >= 15 is 0 Å². The maximum atomic E-state index is 5.45. The molecular formula is C19H20N4O4S. The van der Waals surface area contributed by atoms with Crippen LogP contribution in [0, 0.1) is 4.77 Å². The molecule has 1 aromatic heterocycles. The van der Waals surface area contributed by atoms with Crippen molar-refractivity contribution < 1.29 is 18.9 Å². The van der Waals surface area contributed by atoms with Crippen molar-refractivity contribution in [2.24, 2.45) is 5.10 Å². The molecule has 0 saturated carbocycles. The van der Waals surface area contributed by atoms with E-state index in [0.29, 0.717) is 39.2 Å². The van der Waals surface area contributed by atoms with Gasteiger partial charge in [0.05, 0.1) is 40.2 Å². The smallest absolute Gasteiger partial charge is 0.216 e. The molecule has 0 radical (unpaired) electrons. The summed E-state index contributed by atoms with van der Waals surface area (Å²) < 4.78 is 23.3. The fourth-order valence-electron chi connectivity index (χ4n) is 2.62. The Morgan fingerprint density at radius 2 is 1.64 bits per heavy atom. The van der Waals surface area contributed by atoms with Gasteiger partial charge >= 0.3 is 0 Å². The van der Waals surface area contributed by atoms with Gasteiger partial charge < -0.3 is 18.9 Å². The van der Waals surface area contributed by atoms with Crippen LogP contribution in [-0.4, -0.2) is 49.5 Å². The molecule has 0 unspecified atom stereocenters. The number of benzene rings is 2. The first-order valence-corrected chi connectivity index (χ1v) is 8.68. The zero-order valence-corrected chi connectivity index (χ0v) is 16.7. The third kappa shape index (κ3) is 3.84. The first kappa shape index (κ1) is 19.4. The van der Waals surface area contributed by atoms with Gasteiger partial charge in [-0.05, 0) is 24.4 Å². The first-order chi connectivity index (χ1) is 13.6. The molecule has 0 aliphatic heterocycles. The molecule has 8 nitrogen and oxygen atoms in total. The minimum Gasteiger partial charge on any atom is -0.497 e. The quantitative estimate of drug-likeness (QED) is 0.483. The second-order valence-corrected chi connectivity index (χ2v) is 5.97. The summed E-state index contributed by atoms with van der Waals surface area (Å²) in [5.74, 6) is 2.98. The predicted octanol–water partition coefficient (Wildman–Crippen LogP) is 3.52. The molecule has 146 valence electrons. The van der Waals surface area contributed by atoms with Crippen LogP contribution in [0.15, 0.2) is 41.5 Å². The van der Waals surface area contributed by atoms with Crippen LogP contribution < -0.4 is 18.9 Å². The lowest BCUT2D eigenvalue weighted by Gasteiger charge is -2.12. The molecule has 0 aliphatic carbocycles. The molecule has 0 aliphatic rings. The van der Waals surface area contributed by atoms with Gasteiger partial charge in [0.15, 0.2) is 5.82 Å². The van der Waals surface area contributed by atoms with Crippen molar-refractivity contribution in [1.82, 2.24) is 14.9 Å². The Kier molecular flexibility index (Phi) is 5.95. The number of hydrogen-bond donors (Lipinski definition) is 1. The van der Waals surface area contributed by atoms with Crippen LogP contribution in [0.1, 0.15) is 5.56 Å². The molecule has 28 heavy (non-hydrogen) atoms. The van der Waals surface area contributed by atoms with Crippen LogP contribution in [-0.2, 0) is 0 Å². The Morgan fingerprint density at radius 1 is 0.964 bits per heavy atom. The van der Waals surface area contributed by atoms with Crippen LogP contribution in [0.25, 0.3) is 11.4 Å². The lowest BCUT2D eigenvalue weighted by atomic mass is 10.2. The predicted molar refractivity (Wildman–Crippen MR) is 108 cm³/mol. The maximum Gasteiger partial charge on any atom is 0.216 e. The zero-order chi connectivity index (χ0) is 20.1. The van der Waals surface area contributed by atoms with Crippen LogP contribution >= 0.6 is 12.2 Å². The van der Waals surface area contributed by atoms with Crippen molar-refractivity contribution in [2.45, 2.75) is 0 Å². The van der Waals surface area contributed by atoms with Gasteiger partial charge in [0.2, 0.25) is 4.77 Å². The monoisotopic (exact) mass is 400 g/mol. The largest absolute Gasteiger partial charge is 0.497 e. The highest BCUT2D eigenvalue weighted by atomic mass is 32.1. The second kappa shape index (κ2) is 8.57. The molecule has 2 aromatic carbocycles. The van der Waals surface area contributed by atoms with E-state index in [9.17, 15) is 0 Å². The first-order valence-electron chi connectivity index (χ1n) is 8.27. The molecule has 0 bridgehead atoms. The number of hydrogen-bond acceptors (Lipinski definition) is 7. The van der Waals surface area contributed by atoms with Gasteiger partial charge in [-0.2, -0.15) is 14.9 Å². The number of nitrogens with zero attached hydrogens (tertiary/aromatic N) is 3. The topological polar surface area (TPSA) is 82.9 Å². The van der Waals surface area contributed by atoms with Gasteiger partial charge in [-0.1, -0.05) is 12.1 Å². The van der Waals surface area contributed by atoms with Crippen molar-refractivity contribution in [1.29, 1.82) is 0 Å². The number of aromatic nitrogens is 3. The minimum absolute atomic E-state index is 0.348. The lowest BCUT2D eigenvalue weighted by molar-refractivity contribution is 0.374. The summed E-state index contributed by atoms with van der Waals surface area (Å²) in [4.78, 5) is 0. The van der Waals surface area contributed by atoms with Gasteiger partial charge in [-0.25, -0.2) is 5.10 Å². The fourth-order valence-corrected chi connectivity index (χ4v) is 2.80. The van der Waals surface area contributed by atoms with Gasteiger partial charge in [0, 0.05) is 17.7 Å². The van der Waals surface area contributed by atoms with Gasteiger partial charge in [0.1, 0.15) is 23.0 Å². The average Bonchev–Trinajstić information content (AvgIpc) is 3.11. The molecule has 0 atom stereocenters. The fraction of sp³-hybridized carbons (Fsp3) is 0.211. The second-order valence-electron chi connectivity index (χ2n) is 5.59. The summed E-state index contributed by atoms with van der Waals surface area (Å²) in [6, 6.07) is 11.0. The summed E-state index contributed by atoms with van der Waals surface area (Å²) in [7, 11) is 6.32. The third-order valence-electron chi connectivity index (χ3n) is 4.03. The molecule has 1 N–H and O–H groups in total. The Balaban J connectivity index is 2.07. The highest BCUT2D eigenvalue weighted by Crippen LogP contribution is 2.33. The highest BCUT2D eigenvalue weighted by Gasteiger charge is 2.13. The van der Waals surface area contributed by atoms with Crippen LogP contribution in [0.2, 0.25) is 0 Å². The van der Waals surface area contributed by atoms with E-state index < -0.39 is 0 Å². The zero-order valence-electron chi connectivity index (χ0n) is 15.9. The Morgan fingerprint density at radius 3 is 2.25 bits per heavy atom. The minimum atomic E-state index is 0.348. The summed E-state index contributed by atoms with van der Waals surface area (Å²) in [5.41, 5.74) is 1.45. The standard InChI is InChI=1S/C19H20N4O4S/c1-24-13-7-5-6-12(8-13)18-21-22-19(28)23(18)20-11-15-16(26-3)9-14(25-2)10-17(15)27-4/h5-11H,1-4H3,(H,22,28)/b20-11-. The summed E-state index contributed by atoms with van der Waals surface area (Å²) >= 11 is 5.33. The summed E-state index contributed by atoms with van der Waals surface area (Å²) in [5, 5.41) is 11.5. The number of H-pyrrole nitrogens is 1. The molecular weight excluding hydrogens is 380 g/mol. The van der Waals surface area contributed by atoms with Crippen molar-refractivity contribution >= 4 is 18.4 Å². The Hall–Kier alpha value is -3.33. The van der Waals surface area contributed by atoms with Gasteiger partial charge in [0.25, 0.3) is 0 Å². The van der Waals surface area contributed by atoms with Crippen LogP contribution in [0.4, 0.5) is 0 Å². The number of ether oxygens (including phenoxy) is 4. The van der Waals surface area contributed by atoms with E-state index in [2.05, 4.69) is 15.3 Å². The van der Waals surface area contributed by atoms with E-state index in [1.165, 1.54) is 4.68 Å².